The van der Waals surface area contributed by atoms with Gasteiger partial charge in [0.15, 0.2) is 0 Å². The summed E-state index contributed by atoms with van der Waals surface area (Å²) in [5, 5.41) is 13.1. The Bertz CT molecular complexity index is 1660. The van der Waals surface area contributed by atoms with Crippen LogP contribution in [0.2, 0.25) is 0 Å². The van der Waals surface area contributed by atoms with Gasteiger partial charge in [-0.25, -0.2) is 0 Å². The molecular formula is C39H50N6OP2. The first-order valence-corrected chi connectivity index (χ1v) is 20.9. The maximum atomic E-state index is 6.97. The van der Waals surface area contributed by atoms with E-state index in [1.807, 2.05) is 18.2 Å². The Balaban J connectivity index is 0.000000154. The topological polar surface area (TPSA) is 49.7 Å². The van der Waals surface area contributed by atoms with Gasteiger partial charge in [0.05, 0.1) is 0 Å². The van der Waals surface area contributed by atoms with Crippen LogP contribution in [0.15, 0.2) is 97.1 Å². The van der Waals surface area contributed by atoms with Crippen molar-refractivity contribution in [3.63, 3.8) is 0 Å². The zero-order valence-corrected chi connectivity index (χ0v) is 30.7. The molecule has 0 bridgehead atoms. The van der Waals surface area contributed by atoms with Crippen molar-refractivity contribution in [2.75, 3.05) is 39.3 Å². The molecule has 3 aliphatic heterocycles. The Morgan fingerprint density at radius 2 is 0.896 bits per heavy atom. The number of hydrogen-bond donors (Lipinski definition) is 0. The van der Waals surface area contributed by atoms with Crippen molar-refractivity contribution in [2.24, 2.45) is 0 Å². The predicted octanol–water partition coefficient (Wildman–Crippen LogP) is 6.93. The minimum absolute atomic E-state index is 0.508. The van der Waals surface area contributed by atoms with Crippen molar-refractivity contribution in [1.82, 2.24) is 29.2 Å². The van der Waals surface area contributed by atoms with Crippen LogP contribution in [0.5, 0.6) is 0 Å². The van der Waals surface area contributed by atoms with E-state index in [0.29, 0.717) is 0 Å². The van der Waals surface area contributed by atoms with Crippen LogP contribution < -0.4 is 20.5 Å². The van der Waals surface area contributed by atoms with Gasteiger partial charge < -0.3 is 0 Å². The van der Waals surface area contributed by atoms with E-state index in [1.165, 1.54) is 71.1 Å². The van der Waals surface area contributed by atoms with Crippen molar-refractivity contribution in [1.29, 1.82) is 0 Å². The van der Waals surface area contributed by atoms with Crippen molar-refractivity contribution in [3.8, 4) is 0 Å². The second-order valence-electron chi connectivity index (χ2n) is 13.4. The van der Waals surface area contributed by atoms with Crippen molar-refractivity contribution in [2.45, 2.75) is 59.3 Å². The summed E-state index contributed by atoms with van der Waals surface area (Å²) in [6.45, 7) is 13.5. The fourth-order valence-electron chi connectivity index (χ4n) is 7.66. The number of para-hydroxylation sites is 1. The molecule has 0 atom stereocenters. The summed E-state index contributed by atoms with van der Waals surface area (Å²) in [5.41, 5.74) is 6.00. The molecule has 1 aromatic heterocycles. The van der Waals surface area contributed by atoms with Crippen LogP contribution in [0.25, 0.3) is 11.0 Å². The van der Waals surface area contributed by atoms with Gasteiger partial charge >= 0.3 is 155 Å². The molecule has 48 heavy (non-hydrogen) atoms. The Labute approximate surface area is 288 Å². The molecule has 8 rings (SSSR count). The van der Waals surface area contributed by atoms with E-state index >= 15 is 0 Å². The third kappa shape index (κ3) is 6.69. The van der Waals surface area contributed by atoms with Crippen LogP contribution in [-0.2, 0) is 0 Å². The van der Waals surface area contributed by atoms with Gasteiger partial charge in [-0.1, -0.05) is 72.8 Å². The van der Waals surface area contributed by atoms with E-state index in [4.69, 9.17) is 4.62 Å². The fourth-order valence-corrected chi connectivity index (χ4v) is 15.0. The van der Waals surface area contributed by atoms with Crippen molar-refractivity contribution in [3.05, 3.63) is 114 Å². The van der Waals surface area contributed by atoms with Crippen LogP contribution >= 0.6 is 15.9 Å². The number of fused-ring (bicyclic) bond motifs is 1. The Hall–Kier alpha value is -3.18. The standard InChI is InChI=1S/C21H21P.C18H29N6OP/c1-16-10-4-7-13-19(16)22(20-14-8-5-11-17(20)2)21-15-9-6-12-18(21)3;1-2-10-18-17(9-1)19-20-24(18)25-26(21-11-3-4-12-21,22-13-5-6-14-22)23-15-7-8-16-23/h4-15H,1-3H3;1-2,9-10,26H,3-8,11-16H2. The van der Waals surface area contributed by atoms with Crippen molar-refractivity contribution >= 4 is 42.8 Å². The number of aryl methyl sites for hydroxylation is 3. The molecule has 0 unspecified atom stereocenters. The summed E-state index contributed by atoms with van der Waals surface area (Å²) < 4.78 is 15.0. The van der Waals surface area contributed by atoms with Gasteiger partial charge in [0.25, 0.3) is 0 Å². The monoisotopic (exact) mass is 680 g/mol. The second-order valence-corrected chi connectivity index (χ2v) is 18.7. The molecule has 0 spiro atoms. The van der Waals surface area contributed by atoms with Gasteiger partial charge in [-0.15, -0.1) is 0 Å². The second kappa shape index (κ2) is 15.2. The molecule has 3 fully saturated rings. The van der Waals surface area contributed by atoms with Gasteiger partial charge in [-0.2, -0.15) is 0 Å². The summed E-state index contributed by atoms with van der Waals surface area (Å²) in [7, 11) is -2.97. The SMILES string of the molecule is Cc1ccccc1P(c1ccccc1C)c1ccccc1C.c1ccc2c(c1)nnn2O[PH](N1CCCC1)(N1CCCC1)N1CCCC1. The van der Waals surface area contributed by atoms with Gasteiger partial charge in [0.2, 0.25) is 0 Å². The number of aromatic nitrogens is 3. The Morgan fingerprint density at radius 3 is 1.31 bits per heavy atom. The summed E-state index contributed by atoms with van der Waals surface area (Å²) >= 11 is 0. The molecule has 0 amide bonds. The molecule has 3 saturated heterocycles. The molecule has 0 radical (unpaired) electrons. The molecule has 3 aliphatic rings. The maximum absolute atomic E-state index is 6.97. The normalized spacial score (nSPS) is 18.0. The first-order chi connectivity index (χ1) is 23.6. The third-order valence-electron chi connectivity index (χ3n) is 10.2. The zero-order valence-electron chi connectivity index (χ0n) is 28.8. The van der Waals surface area contributed by atoms with Crippen LogP contribution in [0.1, 0.15) is 55.2 Å². The quantitative estimate of drug-likeness (QED) is 0.166. The molecule has 252 valence electrons. The summed E-state index contributed by atoms with van der Waals surface area (Å²) in [4.78, 5) is 1.73. The minimum atomic E-state index is -2.46. The zero-order chi connectivity index (χ0) is 32.9. The predicted molar refractivity (Wildman–Crippen MR) is 204 cm³/mol. The van der Waals surface area contributed by atoms with Crippen molar-refractivity contribution < 1.29 is 4.62 Å². The molecule has 4 heterocycles. The summed E-state index contributed by atoms with van der Waals surface area (Å²) in [5.74, 6) is 0. The molecule has 0 saturated carbocycles. The number of rotatable bonds is 8. The Kier molecular flexibility index (Phi) is 10.5. The summed E-state index contributed by atoms with van der Waals surface area (Å²) in [6, 6.07) is 34.5. The van der Waals surface area contributed by atoms with E-state index in [9.17, 15) is 0 Å². The average Bonchev–Trinajstić information content (AvgIpc) is 3.96. The van der Waals surface area contributed by atoms with Crippen LogP contribution in [-0.4, -0.2) is 68.4 Å². The van der Waals surface area contributed by atoms with Crippen LogP contribution in [0, 0.1) is 20.8 Å². The van der Waals surface area contributed by atoms with Gasteiger partial charge in [-0.05, 0) is 61.3 Å². The molecule has 0 N–H and O–H groups in total. The van der Waals surface area contributed by atoms with E-state index in [-0.39, 0.29) is 0 Å². The average molecular weight is 681 g/mol. The molecule has 0 aliphatic carbocycles. The van der Waals surface area contributed by atoms with Gasteiger partial charge in [0.1, 0.15) is 0 Å². The number of nitrogens with zero attached hydrogens (tertiary/aromatic N) is 6. The van der Waals surface area contributed by atoms with Crippen LogP contribution in [0.3, 0.4) is 0 Å². The fraction of sp³-hybridized carbons (Fsp3) is 0.385. The van der Waals surface area contributed by atoms with E-state index in [0.717, 1.165) is 50.3 Å². The van der Waals surface area contributed by atoms with Gasteiger partial charge in [-0.3, -0.25) is 0 Å². The first kappa shape index (κ1) is 33.3. The molecule has 9 heteroatoms. The number of benzene rings is 4. The molecule has 4 aromatic carbocycles. The van der Waals surface area contributed by atoms with E-state index < -0.39 is 15.9 Å². The third-order valence-corrected chi connectivity index (χ3v) is 17.3. The van der Waals surface area contributed by atoms with E-state index in [2.05, 4.69) is 124 Å². The summed E-state index contributed by atoms with van der Waals surface area (Å²) in [6.07, 6.45) is 7.65. The Morgan fingerprint density at radius 1 is 0.521 bits per heavy atom. The molecule has 5 aromatic rings. The molecule has 7 nitrogen and oxygen atoms in total. The number of hydrogen-bond acceptors (Lipinski definition) is 6. The van der Waals surface area contributed by atoms with Crippen LogP contribution in [0.4, 0.5) is 0 Å². The first-order valence-electron chi connectivity index (χ1n) is 17.8. The van der Waals surface area contributed by atoms with Gasteiger partial charge in [0, 0.05) is 0 Å². The van der Waals surface area contributed by atoms with E-state index in [1.54, 1.807) is 4.85 Å². The molecular weight excluding hydrogens is 630 g/mol.